The van der Waals surface area contributed by atoms with Crippen molar-refractivity contribution in [3.63, 3.8) is 0 Å². The Bertz CT molecular complexity index is 1370. The molecule has 2 aliphatic rings. The van der Waals surface area contributed by atoms with E-state index in [1.54, 1.807) is 48.5 Å². The summed E-state index contributed by atoms with van der Waals surface area (Å²) in [6.07, 6.45) is 11.5. The van der Waals surface area contributed by atoms with Gasteiger partial charge < -0.3 is 0 Å². The number of halogens is 4. The molecule has 5 heteroatoms. The number of allylic oxidation sites excluding steroid dienone is 4. The van der Waals surface area contributed by atoms with Crippen LogP contribution in [0.3, 0.4) is 0 Å². The van der Waals surface area contributed by atoms with Crippen LogP contribution in [0.2, 0.25) is 10.0 Å². The summed E-state index contributed by atoms with van der Waals surface area (Å²) in [7, 11) is 0. The second kappa shape index (κ2) is 22.7. The van der Waals surface area contributed by atoms with Gasteiger partial charge in [-0.1, -0.05) is 98.2 Å². The molecule has 45 heavy (non-hydrogen) atoms. The molecule has 0 aliphatic heterocycles. The summed E-state index contributed by atoms with van der Waals surface area (Å²) in [5.41, 5.74) is 9.90. The molecule has 0 bridgehead atoms. The van der Waals surface area contributed by atoms with Gasteiger partial charge in [0.25, 0.3) is 0 Å². The molecule has 2 aliphatic carbocycles. The Hall–Kier alpha value is -1.73. The molecule has 0 aromatic heterocycles. The van der Waals surface area contributed by atoms with Gasteiger partial charge in [0.2, 0.25) is 0 Å². The van der Waals surface area contributed by atoms with Gasteiger partial charge >= 0.3 is 28.4 Å². The fourth-order valence-electron chi connectivity index (χ4n) is 4.56. The summed E-state index contributed by atoms with van der Waals surface area (Å²) in [5, 5.41) is 1.53. The molecule has 0 radical (unpaired) electrons. The van der Waals surface area contributed by atoms with Gasteiger partial charge in [-0.25, -0.2) is 6.08 Å². The van der Waals surface area contributed by atoms with Crippen molar-refractivity contribution in [3.8, 4) is 11.1 Å². The first-order valence-corrected chi connectivity index (χ1v) is 17.1. The Morgan fingerprint density at radius 2 is 1.36 bits per heavy atom. The summed E-state index contributed by atoms with van der Waals surface area (Å²) >= 11 is 12.3. The fraction of sp³-hybridized carbons (Fsp3) is 0.275. The zero-order chi connectivity index (χ0) is 31.8. The molecule has 4 aromatic rings. The Morgan fingerprint density at radius 3 is 1.80 bits per heavy atom. The van der Waals surface area contributed by atoms with Crippen LogP contribution in [0, 0.1) is 49.5 Å². The van der Waals surface area contributed by atoms with E-state index in [0.717, 1.165) is 16.5 Å². The van der Waals surface area contributed by atoms with Crippen LogP contribution < -0.4 is 0 Å². The molecule has 6 rings (SSSR count). The normalized spacial score (nSPS) is 13.0. The molecule has 0 saturated heterocycles. The third-order valence-electron chi connectivity index (χ3n) is 6.75. The molecule has 0 N–H and O–H groups in total. The molecule has 0 amide bonds. The molecule has 0 heterocycles. The van der Waals surface area contributed by atoms with Crippen molar-refractivity contribution in [1.82, 2.24) is 0 Å². The number of benzene rings is 4. The van der Waals surface area contributed by atoms with Gasteiger partial charge in [-0.3, -0.25) is 6.08 Å². The Labute approximate surface area is 310 Å². The zero-order valence-electron chi connectivity index (χ0n) is 27.1. The van der Waals surface area contributed by atoms with Crippen LogP contribution in [0.1, 0.15) is 62.8 Å². The Morgan fingerprint density at radius 1 is 0.822 bits per heavy atom. The summed E-state index contributed by atoms with van der Waals surface area (Å²) in [4.78, 5) is 0. The van der Waals surface area contributed by atoms with Gasteiger partial charge in [-0.2, -0.15) is 96.1 Å². The van der Waals surface area contributed by atoms with Crippen LogP contribution in [0.25, 0.3) is 11.1 Å². The summed E-state index contributed by atoms with van der Waals surface area (Å²) < 4.78 is 3.34. The van der Waals surface area contributed by atoms with Crippen LogP contribution in [0.15, 0.2) is 96.6 Å². The van der Waals surface area contributed by atoms with Gasteiger partial charge in [0.15, 0.2) is 0 Å². The topological polar surface area (TPSA) is 0 Å². The quantitative estimate of drug-likeness (QED) is 0.157. The second-order valence-corrected chi connectivity index (χ2v) is 12.3. The number of aryl methyl sites for hydroxylation is 2. The van der Waals surface area contributed by atoms with E-state index in [1.807, 2.05) is 0 Å². The molecule has 0 saturated carbocycles. The molecule has 4 aromatic carbocycles. The van der Waals surface area contributed by atoms with Gasteiger partial charge in [-0.05, 0) is 18.9 Å². The summed E-state index contributed by atoms with van der Waals surface area (Å²) in [6.45, 7) is 13.2. The molecular weight excluding hydrogens is 713 g/mol. The van der Waals surface area contributed by atoms with E-state index in [0.29, 0.717) is 11.3 Å². The molecule has 1 atom stereocenters. The predicted molar refractivity (Wildman–Crippen MR) is 199 cm³/mol. The van der Waals surface area contributed by atoms with Crippen molar-refractivity contribution in [1.29, 1.82) is 0 Å². The monoisotopic (exact) mass is 754 g/mol. The second-order valence-electron chi connectivity index (χ2n) is 11.4. The van der Waals surface area contributed by atoms with Gasteiger partial charge in [-0.15, -0.1) is 59.1 Å². The third-order valence-corrected chi connectivity index (χ3v) is 7.25. The van der Waals surface area contributed by atoms with E-state index in [1.165, 1.54) is 76.0 Å². The maximum atomic E-state index is 5.52. The van der Waals surface area contributed by atoms with E-state index in [2.05, 4.69) is 113 Å². The molecule has 0 fully saturated rings. The van der Waals surface area contributed by atoms with Crippen molar-refractivity contribution in [2.45, 2.75) is 60.8 Å². The standard InChI is InChI=1S/C15H13.C12H19.2C6H4Cl.CH2.2ClH.Zr/c1-10-3-5-14-12(7-10)9-13-8-11(2)4-6-15(13)14;1-5-6-10-7-8-11(9-10)12(2,3)4;2*7-6-4-2-1-3-5-6;;;;/h3-7H,9H2,1-2H3;8-10H,5-6H2,1-4H3;2*2-5H;1H2;2*1H;/q4*-1;;;;. The summed E-state index contributed by atoms with van der Waals surface area (Å²) in [6, 6.07) is 34.5. The fourth-order valence-corrected chi connectivity index (χ4v) is 4.81. The van der Waals surface area contributed by atoms with Crippen LogP contribution in [0.4, 0.5) is 0 Å². The maximum absolute atomic E-state index is 5.52. The van der Waals surface area contributed by atoms with Crippen molar-refractivity contribution in [3.05, 3.63) is 153 Å². The average Bonchev–Trinajstić information content (AvgIpc) is 3.60. The first kappa shape index (κ1) is 43.3. The van der Waals surface area contributed by atoms with Crippen LogP contribution >= 0.6 is 48.0 Å². The van der Waals surface area contributed by atoms with Crippen LogP contribution in [-0.4, -0.2) is 4.21 Å². The number of rotatable bonds is 2. The van der Waals surface area contributed by atoms with Gasteiger partial charge in [0.05, 0.1) is 0 Å². The van der Waals surface area contributed by atoms with Crippen molar-refractivity contribution < 1.29 is 24.2 Å². The Kier molecular flexibility index (Phi) is 21.9. The first-order chi connectivity index (χ1) is 20.6. The van der Waals surface area contributed by atoms with Gasteiger partial charge in [0, 0.05) is 0 Å². The number of hydrogen-bond donors (Lipinski definition) is 0. The molecule has 1 unspecified atom stereocenters. The molecular formula is C40H44Cl4Zr-4. The minimum absolute atomic E-state index is 0. The number of fused-ring (bicyclic) bond motifs is 3. The van der Waals surface area contributed by atoms with Crippen molar-refractivity contribution in [2.75, 3.05) is 0 Å². The molecule has 240 valence electrons. The van der Waals surface area contributed by atoms with E-state index in [4.69, 9.17) is 23.2 Å². The molecule has 0 spiro atoms. The SMILES string of the molecule is CCCC1[C-]=CC(C(C)(C)C)=C1.Cc1[c-]c2c(cc1)-c1ccc(C)cc1C2.Cl.Cl.Clc1cc[c-]cc1.Clc1cc[c-]cc1.[CH2]=[Zr]. The summed E-state index contributed by atoms with van der Waals surface area (Å²) in [5.74, 6) is 0.587. The predicted octanol–water partition coefficient (Wildman–Crippen LogP) is 12.5. The molecule has 0 nitrogen and oxygen atoms in total. The van der Waals surface area contributed by atoms with E-state index < -0.39 is 0 Å². The first-order valence-electron chi connectivity index (χ1n) is 14.6. The average molecular weight is 758 g/mol. The van der Waals surface area contributed by atoms with Crippen molar-refractivity contribution in [2.24, 2.45) is 11.3 Å². The third kappa shape index (κ3) is 15.6. The minimum atomic E-state index is 0. The van der Waals surface area contributed by atoms with E-state index in [-0.39, 0.29) is 24.8 Å². The van der Waals surface area contributed by atoms with Crippen molar-refractivity contribution >= 4 is 52.2 Å². The van der Waals surface area contributed by atoms with E-state index in [9.17, 15) is 0 Å². The van der Waals surface area contributed by atoms with E-state index >= 15 is 0 Å². The van der Waals surface area contributed by atoms with Crippen LogP contribution in [-0.2, 0) is 30.7 Å². The van der Waals surface area contributed by atoms with Gasteiger partial charge in [0.1, 0.15) is 0 Å². The Balaban J connectivity index is 0.000000582. The van der Waals surface area contributed by atoms with Crippen LogP contribution in [0.5, 0.6) is 0 Å². The number of hydrogen-bond acceptors (Lipinski definition) is 0. The zero-order valence-corrected chi connectivity index (χ0v) is 32.7.